The van der Waals surface area contributed by atoms with E-state index in [0.717, 1.165) is 21.3 Å². The molecule has 1 aliphatic heterocycles. The van der Waals surface area contributed by atoms with Crippen LogP contribution in [-0.4, -0.2) is 18.2 Å². The lowest BCUT2D eigenvalue weighted by molar-refractivity contribution is -0.00423. The van der Waals surface area contributed by atoms with Crippen LogP contribution in [0.1, 0.15) is 44.7 Å². The zero-order valence-corrected chi connectivity index (χ0v) is 18.1. The molecule has 0 aliphatic carbocycles. The summed E-state index contributed by atoms with van der Waals surface area (Å²) in [4.78, 5) is 12.3. The van der Waals surface area contributed by atoms with Gasteiger partial charge in [-0.3, -0.25) is 0 Å². The van der Waals surface area contributed by atoms with E-state index in [4.69, 9.17) is 21.1 Å². The van der Waals surface area contributed by atoms with Gasteiger partial charge in [0.2, 0.25) is 0 Å². The van der Waals surface area contributed by atoms with Gasteiger partial charge < -0.3 is 14.8 Å². The van der Waals surface area contributed by atoms with Crippen molar-refractivity contribution in [2.45, 2.75) is 44.8 Å². The monoisotopic (exact) mass is 451 g/mol. The number of carbonyl (C=O) groups excluding carboxylic acids is 1. The minimum absolute atomic E-state index is 0.0783. The van der Waals surface area contributed by atoms with Crippen LogP contribution in [-0.2, 0) is 10.3 Å². The average Bonchev–Trinajstić information content (AvgIpc) is 2.90. The third-order valence-corrected chi connectivity index (χ3v) is 6.07. The Balaban J connectivity index is 1.97. The van der Waals surface area contributed by atoms with Crippen molar-refractivity contribution >= 4 is 33.6 Å². The predicted octanol–water partition coefficient (Wildman–Crippen LogP) is 6.02. The van der Waals surface area contributed by atoms with E-state index in [0.29, 0.717) is 5.02 Å². The zero-order valence-electron chi connectivity index (χ0n) is 15.8. The lowest BCUT2D eigenvalue weighted by atomic mass is 9.81. The fourth-order valence-corrected chi connectivity index (χ4v) is 4.18. The van der Waals surface area contributed by atoms with Crippen molar-refractivity contribution in [2.75, 3.05) is 6.61 Å². The number of halogens is 2. The highest BCUT2D eigenvalue weighted by atomic mass is 79.9. The molecular formula is C21H23BrClNO3. The molecule has 3 rings (SSSR count). The number of fused-ring (bicyclic) bond motifs is 1. The van der Waals surface area contributed by atoms with Crippen molar-refractivity contribution in [3.05, 3.63) is 63.1 Å². The van der Waals surface area contributed by atoms with Gasteiger partial charge in [0.05, 0.1) is 5.02 Å². The number of benzene rings is 2. The Morgan fingerprint density at radius 2 is 1.93 bits per heavy atom. The minimum atomic E-state index is -0.827. The maximum atomic E-state index is 12.3. The van der Waals surface area contributed by atoms with Crippen LogP contribution in [0.5, 0.6) is 5.75 Å². The lowest BCUT2D eigenvalue weighted by Crippen LogP contribution is -2.45. The topological polar surface area (TPSA) is 47.6 Å². The standard InChI is InChI=1S/C21H23BrClNO3/c1-13-17-16(11-10-15(23)18(17)22)27-21(13,14-8-6-5-7-9-14)12-26-19(25)24-20(2,3)4/h5-11,13H,12H2,1-4H3,(H,24,25)/t13-,21-/m1/s1. The summed E-state index contributed by atoms with van der Waals surface area (Å²) in [6.45, 7) is 7.87. The molecule has 144 valence electrons. The molecule has 0 aromatic heterocycles. The molecule has 2 aromatic carbocycles. The van der Waals surface area contributed by atoms with E-state index in [1.54, 1.807) is 6.07 Å². The molecule has 1 aliphatic rings. The first kappa shape index (κ1) is 20.0. The highest BCUT2D eigenvalue weighted by molar-refractivity contribution is 9.10. The highest BCUT2D eigenvalue weighted by Gasteiger charge is 2.50. The Kier molecular flexibility index (Phi) is 5.46. The number of nitrogens with one attached hydrogen (secondary N) is 1. The van der Waals surface area contributed by atoms with Gasteiger partial charge in [-0.2, -0.15) is 0 Å². The summed E-state index contributed by atoms with van der Waals surface area (Å²) in [5, 5.41) is 3.45. The molecular weight excluding hydrogens is 430 g/mol. The predicted molar refractivity (Wildman–Crippen MR) is 111 cm³/mol. The quantitative estimate of drug-likeness (QED) is 0.619. The number of rotatable bonds is 3. The van der Waals surface area contributed by atoms with Crippen LogP contribution in [0.4, 0.5) is 4.79 Å². The fraction of sp³-hybridized carbons (Fsp3) is 0.381. The van der Waals surface area contributed by atoms with Gasteiger partial charge in [0.1, 0.15) is 12.4 Å². The molecule has 27 heavy (non-hydrogen) atoms. The fourth-order valence-electron chi connectivity index (χ4n) is 3.34. The van der Waals surface area contributed by atoms with Crippen LogP contribution < -0.4 is 10.1 Å². The molecule has 0 bridgehead atoms. The summed E-state index contributed by atoms with van der Waals surface area (Å²) in [6, 6.07) is 13.5. The Bertz CT molecular complexity index is 850. The van der Waals surface area contributed by atoms with Crippen molar-refractivity contribution in [3.8, 4) is 5.75 Å². The van der Waals surface area contributed by atoms with Gasteiger partial charge in [-0.1, -0.05) is 48.9 Å². The van der Waals surface area contributed by atoms with E-state index < -0.39 is 11.7 Å². The minimum Gasteiger partial charge on any atom is -0.478 e. The zero-order chi connectivity index (χ0) is 19.8. The molecule has 1 heterocycles. The third kappa shape index (κ3) is 3.94. The van der Waals surface area contributed by atoms with Gasteiger partial charge in [0.25, 0.3) is 0 Å². The molecule has 0 spiro atoms. The second kappa shape index (κ2) is 7.36. The van der Waals surface area contributed by atoms with E-state index in [-0.39, 0.29) is 18.1 Å². The molecule has 2 aromatic rings. The van der Waals surface area contributed by atoms with Crippen LogP contribution in [0.2, 0.25) is 5.02 Å². The van der Waals surface area contributed by atoms with Gasteiger partial charge in [0, 0.05) is 21.5 Å². The molecule has 6 heteroatoms. The number of amides is 1. The molecule has 0 saturated heterocycles. The lowest BCUT2D eigenvalue weighted by Gasteiger charge is -2.33. The summed E-state index contributed by atoms with van der Waals surface area (Å²) in [6.07, 6.45) is -0.471. The van der Waals surface area contributed by atoms with Crippen LogP contribution >= 0.6 is 27.5 Å². The molecule has 4 nitrogen and oxygen atoms in total. The van der Waals surface area contributed by atoms with Crippen LogP contribution in [0.25, 0.3) is 0 Å². The Hall–Kier alpha value is -1.72. The first-order chi connectivity index (χ1) is 12.6. The number of hydrogen-bond acceptors (Lipinski definition) is 3. The summed E-state index contributed by atoms with van der Waals surface area (Å²) in [5.41, 5.74) is 0.719. The SMILES string of the molecule is C[C@@H]1c2c(ccc(Cl)c2Br)O[C@@]1(COC(=O)NC(C)(C)C)c1ccccc1. The maximum absolute atomic E-state index is 12.3. The van der Waals surface area contributed by atoms with Gasteiger partial charge in [0.15, 0.2) is 5.60 Å². The smallest absolute Gasteiger partial charge is 0.407 e. The first-order valence-electron chi connectivity index (χ1n) is 8.81. The molecule has 1 N–H and O–H groups in total. The largest absolute Gasteiger partial charge is 0.478 e. The van der Waals surface area contributed by atoms with Crippen molar-refractivity contribution in [2.24, 2.45) is 0 Å². The molecule has 0 fully saturated rings. The molecule has 1 amide bonds. The number of ether oxygens (including phenoxy) is 2. The van der Waals surface area contributed by atoms with Gasteiger partial charge in [-0.25, -0.2) is 4.79 Å². The van der Waals surface area contributed by atoms with Crippen LogP contribution in [0.3, 0.4) is 0 Å². The Morgan fingerprint density at radius 3 is 2.56 bits per heavy atom. The molecule has 2 atom stereocenters. The van der Waals surface area contributed by atoms with E-state index in [2.05, 4.69) is 28.2 Å². The second-order valence-electron chi connectivity index (χ2n) is 7.80. The number of hydrogen-bond donors (Lipinski definition) is 1. The van der Waals surface area contributed by atoms with Gasteiger partial charge in [-0.05, 0) is 54.4 Å². The Morgan fingerprint density at radius 1 is 1.26 bits per heavy atom. The molecule has 0 radical (unpaired) electrons. The number of carbonyl (C=O) groups is 1. The molecule has 0 unspecified atom stereocenters. The van der Waals surface area contributed by atoms with Crippen molar-refractivity contribution in [3.63, 3.8) is 0 Å². The average molecular weight is 453 g/mol. The van der Waals surface area contributed by atoms with E-state index in [1.807, 2.05) is 57.2 Å². The van der Waals surface area contributed by atoms with Crippen molar-refractivity contribution in [1.29, 1.82) is 0 Å². The van der Waals surface area contributed by atoms with Crippen molar-refractivity contribution in [1.82, 2.24) is 5.32 Å². The van der Waals surface area contributed by atoms with Crippen molar-refractivity contribution < 1.29 is 14.3 Å². The normalized spacial score (nSPS) is 21.3. The van der Waals surface area contributed by atoms with E-state index >= 15 is 0 Å². The van der Waals surface area contributed by atoms with Gasteiger partial charge >= 0.3 is 6.09 Å². The summed E-state index contributed by atoms with van der Waals surface area (Å²) >= 11 is 9.88. The summed E-state index contributed by atoms with van der Waals surface area (Å²) in [7, 11) is 0. The van der Waals surface area contributed by atoms with Crippen LogP contribution in [0, 0.1) is 0 Å². The highest BCUT2D eigenvalue weighted by Crippen LogP contribution is 2.54. The third-order valence-electron chi connectivity index (χ3n) is 4.67. The second-order valence-corrected chi connectivity index (χ2v) is 9.00. The molecule has 0 saturated carbocycles. The summed E-state index contributed by atoms with van der Waals surface area (Å²) < 4.78 is 12.8. The summed E-state index contributed by atoms with van der Waals surface area (Å²) in [5.74, 6) is 0.660. The van der Waals surface area contributed by atoms with Crippen LogP contribution in [0.15, 0.2) is 46.9 Å². The van der Waals surface area contributed by atoms with E-state index in [9.17, 15) is 4.79 Å². The Labute approximate surface area is 173 Å². The first-order valence-corrected chi connectivity index (χ1v) is 9.98. The number of alkyl carbamates (subject to hydrolysis) is 1. The van der Waals surface area contributed by atoms with Gasteiger partial charge in [-0.15, -0.1) is 0 Å². The maximum Gasteiger partial charge on any atom is 0.407 e. The van der Waals surface area contributed by atoms with E-state index in [1.165, 1.54) is 0 Å².